The number of carbonyl (C=O) groups excluding carboxylic acids is 1. The molecule has 0 radical (unpaired) electrons. The molecule has 0 aliphatic heterocycles. The third-order valence-corrected chi connectivity index (χ3v) is 4.53. The van der Waals surface area contributed by atoms with Crippen LogP contribution in [0, 0.1) is 0 Å². The zero-order valence-electron chi connectivity index (χ0n) is 14.4. The summed E-state index contributed by atoms with van der Waals surface area (Å²) in [5.74, 6) is -0.533. The van der Waals surface area contributed by atoms with Gasteiger partial charge in [0, 0.05) is 23.2 Å². The highest BCUT2D eigenvalue weighted by atomic mass is 35.5. The lowest BCUT2D eigenvalue weighted by molar-refractivity contribution is -0.137. The van der Waals surface area contributed by atoms with E-state index in [2.05, 4.69) is 5.32 Å². The van der Waals surface area contributed by atoms with Crippen LogP contribution in [0.2, 0.25) is 0 Å². The fraction of sp³-hybridized carbons (Fsp3) is 0.211. The standard InChI is InChI=1S/C19H17ClF3N3O/c1-2-26-15-9-12(19(21,22)23)6-7-14(15)17(24)18(26)11-4-3-5-13(8-11)25-16(27)10-20/h3-9H,2,10,24H2,1H3,(H,25,27). The Morgan fingerprint density at radius 1 is 1.22 bits per heavy atom. The molecule has 0 saturated carbocycles. The van der Waals surface area contributed by atoms with Crippen molar-refractivity contribution in [3.63, 3.8) is 0 Å². The largest absolute Gasteiger partial charge is 0.416 e. The van der Waals surface area contributed by atoms with Gasteiger partial charge < -0.3 is 15.6 Å². The predicted molar refractivity (Wildman–Crippen MR) is 102 cm³/mol. The molecule has 0 saturated heterocycles. The highest BCUT2D eigenvalue weighted by Crippen LogP contribution is 2.39. The second kappa shape index (κ2) is 7.15. The Kier molecular flexibility index (Phi) is 5.06. The van der Waals surface area contributed by atoms with E-state index in [1.807, 2.05) is 6.92 Å². The lowest BCUT2D eigenvalue weighted by Gasteiger charge is -2.12. The number of halogens is 4. The van der Waals surface area contributed by atoms with Crippen LogP contribution in [-0.2, 0) is 17.5 Å². The molecule has 4 nitrogen and oxygen atoms in total. The van der Waals surface area contributed by atoms with Gasteiger partial charge in [-0.1, -0.05) is 18.2 Å². The molecule has 0 spiro atoms. The summed E-state index contributed by atoms with van der Waals surface area (Å²) in [6.45, 7) is 2.27. The van der Waals surface area contributed by atoms with Crippen LogP contribution in [0.3, 0.4) is 0 Å². The van der Waals surface area contributed by atoms with Crippen molar-refractivity contribution in [2.45, 2.75) is 19.6 Å². The Bertz CT molecular complexity index is 1010. The van der Waals surface area contributed by atoms with Crippen molar-refractivity contribution < 1.29 is 18.0 Å². The van der Waals surface area contributed by atoms with Gasteiger partial charge in [0.05, 0.1) is 22.5 Å². The molecular weight excluding hydrogens is 379 g/mol. The molecule has 0 fully saturated rings. The molecule has 1 heterocycles. The third kappa shape index (κ3) is 3.60. The number of alkyl halides is 4. The Hall–Kier alpha value is -2.67. The number of carbonyl (C=O) groups is 1. The molecule has 3 aromatic rings. The number of nitrogens with one attached hydrogen (secondary N) is 1. The minimum absolute atomic E-state index is 0.179. The lowest BCUT2D eigenvalue weighted by Crippen LogP contribution is -2.12. The van der Waals surface area contributed by atoms with Crippen molar-refractivity contribution in [1.29, 1.82) is 0 Å². The summed E-state index contributed by atoms with van der Waals surface area (Å²) >= 11 is 5.51. The van der Waals surface area contributed by atoms with Gasteiger partial charge in [0.2, 0.25) is 5.91 Å². The Labute approximate surface area is 158 Å². The maximum atomic E-state index is 13.1. The number of anilines is 2. The van der Waals surface area contributed by atoms with E-state index in [1.165, 1.54) is 6.07 Å². The van der Waals surface area contributed by atoms with Crippen LogP contribution in [0.4, 0.5) is 24.5 Å². The second-order valence-corrected chi connectivity index (χ2v) is 6.27. The minimum atomic E-state index is -4.43. The number of amides is 1. The van der Waals surface area contributed by atoms with E-state index in [0.29, 0.717) is 40.1 Å². The molecular formula is C19H17ClF3N3O. The van der Waals surface area contributed by atoms with Gasteiger partial charge in [-0.05, 0) is 31.2 Å². The Balaban J connectivity index is 2.18. The SMILES string of the molecule is CCn1c(-c2cccc(NC(=O)CCl)c2)c(N)c2ccc(C(F)(F)F)cc21. The molecule has 2 aromatic carbocycles. The predicted octanol–water partition coefficient (Wildman–Crippen LogP) is 5.11. The summed E-state index contributed by atoms with van der Waals surface area (Å²) in [7, 11) is 0. The number of nitrogen functional groups attached to an aromatic ring is 1. The Morgan fingerprint density at radius 2 is 1.96 bits per heavy atom. The first-order chi connectivity index (χ1) is 12.8. The monoisotopic (exact) mass is 395 g/mol. The van der Waals surface area contributed by atoms with E-state index in [0.717, 1.165) is 12.1 Å². The molecule has 3 N–H and O–H groups in total. The van der Waals surface area contributed by atoms with Crippen molar-refractivity contribution in [2.24, 2.45) is 0 Å². The number of aryl methyl sites for hydroxylation is 1. The number of rotatable bonds is 4. The van der Waals surface area contributed by atoms with Crippen LogP contribution in [0.25, 0.3) is 22.2 Å². The highest BCUT2D eigenvalue weighted by Gasteiger charge is 2.31. The number of hydrogen-bond donors (Lipinski definition) is 2. The van der Waals surface area contributed by atoms with E-state index < -0.39 is 11.7 Å². The first-order valence-corrected chi connectivity index (χ1v) is 8.75. The van der Waals surface area contributed by atoms with E-state index in [4.69, 9.17) is 17.3 Å². The van der Waals surface area contributed by atoms with E-state index in [-0.39, 0.29) is 11.8 Å². The van der Waals surface area contributed by atoms with Gasteiger partial charge in [0.15, 0.2) is 0 Å². The van der Waals surface area contributed by atoms with Crippen LogP contribution >= 0.6 is 11.6 Å². The van der Waals surface area contributed by atoms with Gasteiger partial charge in [-0.15, -0.1) is 11.6 Å². The number of nitrogens with zero attached hydrogens (tertiary/aromatic N) is 1. The normalized spacial score (nSPS) is 11.7. The summed E-state index contributed by atoms with van der Waals surface area (Å²) in [6.07, 6.45) is -4.43. The van der Waals surface area contributed by atoms with Crippen molar-refractivity contribution in [2.75, 3.05) is 16.9 Å². The van der Waals surface area contributed by atoms with Crippen LogP contribution in [0.15, 0.2) is 42.5 Å². The molecule has 0 atom stereocenters. The molecule has 1 amide bonds. The topological polar surface area (TPSA) is 60.0 Å². The number of benzene rings is 2. The number of fused-ring (bicyclic) bond motifs is 1. The van der Waals surface area contributed by atoms with E-state index >= 15 is 0 Å². The van der Waals surface area contributed by atoms with Gasteiger partial charge in [-0.2, -0.15) is 13.2 Å². The Morgan fingerprint density at radius 3 is 2.59 bits per heavy atom. The lowest BCUT2D eigenvalue weighted by atomic mass is 10.1. The van der Waals surface area contributed by atoms with Crippen molar-refractivity contribution in [3.05, 3.63) is 48.0 Å². The molecule has 1 aromatic heterocycles. The number of aromatic nitrogens is 1. The van der Waals surface area contributed by atoms with Crippen molar-refractivity contribution >= 4 is 39.8 Å². The molecule has 0 unspecified atom stereocenters. The van der Waals surface area contributed by atoms with Crippen molar-refractivity contribution in [3.8, 4) is 11.3 Å². The molecule has 0 bridgehead atoms. The summed E-state index contributed by atoms with van der Waals surface area (Å²) in [4.78, 5) is 11.5. The minimum Gasteiger partial charge on any atom is -0.396 e. The first kappa shape index (κ1) is 19.1. The van der Waals surface area contributed by atoms with Crippen LogP contribution < -0.4 is 11.1 Å². The molecule has 8 heteroatoms. The zero-order chi connectivity index (χ0) is 19.8. The second-order valence-electron chi connectivity index (χ2n) is 6.00. The van der Waals surface area contributed by atoms with Gasteiger partial charge in [-0.25, -0.2) is 0 Å². The zero-order valence-corrected chi connectivity index (χ0v) is 15.2. The molecule has 142 valence electrons. The van der Waals surface area contributed by atoms with E-state index in [9.17, 15) is 18.0 Å². The van der Waals surface area contributed by atoms with Crippen LogP contribution in [0.1, 0.15) is 12.5 Å². The highest BCUT2D eigenvalue weighted by molar-refractivity contribution is 6.29. The molecule has 0 aliphatic rings. The fourth-order valence-electron chi connectivity index (χ4n) is 3.13. The summed E-state index contributed by atoms with van der Waals surface area (Å²) in [5, 5.41) is 3.20. The summed E-state index contributed by atoms with van der Waals surface area (Å²) in [5.41, 5.74) is 8.17. The molecule has 27 heavy (non-hydrogen) atoms. The van der Waals surface area contributed by atoms with E-state index in [1.54, 1.807) is 28.8 Å². The van der Waals surface area contributed by atoms with Crippen LogP contribution in [0.5, 0.6) is 0 Å². The molecule has 0 aliphatic carbocycles. The van der Waals surface area contributed by atoms with Gasteiger partial charge in [0.25, 0.3) is 0 Å². The average Bonchev–Trinajstić information content (AvgIpc) is 2.92. The smallest absolute Gasteiger partial charge is 0.396 e. The maximum absolute atomic E-state index is 13.1. The fourth-order valence-corrected chi connectivity index (χ4v) is 3.20. The van der Waals surface area contributed by atoms with Crippen molar-refractivity contribution in [1.82, 2.24) is 4.57 Å². The summed E-state index contributed by atoms with van der Waals surface area (Å²) < 4.78 is 41.0. The van der Waals surface area contributed by atoms with Crippen LogP contribution in [-0.4, -0.2) is 16.4 Å². The van der Waals surface area contributed by atoms with Gasteiger partial charge in [0.1, 0.15) is 5.88 Å². The quantitative estimate of drug-likeness (QED) is 0.603. The third-order valence-electron chi connectivity index (χ3n) is 4.29. The number of hydrogen-bond acceptors (Lipinski definition) is 2. The average molecular weight is 396 g/mol. The van der Waals surface area contributed by atoms with Gasteiger partial charge in [-0.3, -0.25) is 4.79 Å². The molecule has 3 rings (SSSR count). The first-order valence-electron chi connectivity index (χ1n) is 8.21. The van der Waals surface area contributed by atoms with Gasteiger partial charge >= 0.3 is 6.18 Å². The number of nitrogens with two attached hydrogens (primary N) is 1. The maximum Gasteiger partial charge on any atom is 0.416 e. The summed E-state index contributed by atoms with van der Waals surface area (Å²) in [6, 6.07) is 10.5.